The molecule has 0 aliphatic heterocycles. The molecule has 2 aromatic carbocycles. The number of hydrogen-bond acceptors (Lipinski definition) is 2. The summed E-state index contributed by atoms with van der Waals surface area (Å²) >= 11 is 5.20. The average molecular weight is 283 g/mol. The zero-order valence-corrected chi connectivity index (χ0v) is 12.4. The predicted octanol–water partition coefficient (Wildman–Crippen LogP) is 3.71. The lowest BCUT2D eigenvalue weighted by Crippen LogP contribution is -2.24. The monoisotopic (exact) mass is 283 g/mol. The maximum absolute atomic E-state index is 5.20. The quantitative estimate of drug-likeness (QED) is 0.512. The minimum atomic E-state index is 0.475. The predicted molar refractivity (Wildman–Crippen MR) is 89.2 cm³/mol. The van der Waals surface area contributed by atoms with Gasteiger partial charge in [-0.3, -0.25) is 5.43 Å². The van der Waals surface area contributed by atoms with Crippen LogP contribution in [-0.4, -0.2) is 10.8 Å². The van der Waals surface area contributed by atoms with Crippen LogP contribution in [0.25, 0.3) is 0 Å². The average Bonchev–Trinajstić information content (AvgIpc) is 2.46. The Balaban J connectivity index is 1.95. The fourth-order valence-electron chi connectivity index (χ4n) is 1.67. The van der Waals surface area contributed by atoms with Crippen molar-refractivity contribution in [2.75, 3.05) is 5.32 Å². The number of aryl methyl sites for hydroxylation is 1. The molecule has 0 atom stereocenters. The summed E-state index contributed by atoms with van der Waals surface area (Å²) in [5.74, 6) is 0. The lowest BCUT2D eigenvalue weighted by atomic mass is 10.1. The van der Waals surface area contributed by atoms with Crippen LogP contribution in [0.5, 0.6) is 0 Å². The van der Waals surface area contributed by atoms with E-state index in [1.165, 1.54) is 5.56 Å². The lowest BCUT2D eigenvalue weighted by molar-refractivity contribution is 1.04. The van der Waals surface area contributed by atoms with Crippen LogP contribution in [-0.2, 0) is 0 Å². The maximum Gasteiger partial charge on any atom is 0.191 e. The molecule has 0 spiro atoms. The molecular weight excluding hydrogens is 266 g/mol. The Morgan fingerprint density at radius 1 is 1.00 bits per heavy atom. The first-order valence-corrected chi connectivity index (χ1v) is 6.79. The van der Waals surface area contributed by atoms with E-state index in [4.69, 9.17) is 12.2 Å². The van der Waals surface area contributed by atoms with E-state index in [0.717, 1.165) is 17.0 Å². The molecule has 0 heterocycles. The molecule has 0 aromatic heterocycles. The summed E-state index contributed by atoms with van der Waals surface area (Å²) in [7, 11) is 0. The van der Waals surface area contributed by atoms with Gasteiger partial charge in [0.2, 0.25) is 0 Å². The lowest BCUT2D eigenvalue weighted by Gasteiger charge is -2.08. The van der Waals surface area contributed by atoms with Gasteiger partial charge >= 0.3 is 0 Å². The summed E-state index contributed by atoms with van der Waals surface area (Å²) in [5.41, 5.74) is 6.99. The van der Waals surface area contributed by atoms with Crippen molar-refractivity contribution in [2.45, 2.75) is 13.8 Å². The molecule has 0 aliphatic rings. The Morgan fingerprint density at radius 3 is 2.30 bits per heavy atom. The van der Waals surface area contributed by atoms with Gasteiger partial charge in [0.05, 0.1) is 5.71 Å². The standard InChI is InChI=1S/C16H17N3S/c1-12-8-10-14(11-9-12)13(2)18-19-16(20)17-15-6-4-3-5-7-15/h3-11H,1-2H3,(H2,17,19,20). The Hall–Kier alpha value is -2.20. The first-order valence-electron chi connectivity index (χ1n) is 6.38. The highest BCUT2D eigenvalue weighted by atomic mass is 32.1. The highest BCUT2D eigenvalue weighted by molar-refractivity contribution is 7.80. The van der Waals surface area contributed by atoms with Gasteiger partial charge in [-0.05, 0) is 43.8 Å². The van der Waals surface area contributed by atoms with Crippen LogP contribution in [0, 0.1) is 6.92 Å². The van der Waals surface area contributed by atoms with Gasteiger partial charge in [0.15, 0.2) is 5.11 Å². The van der Waals surface area contributed by atoms with Gasteiger partial charge in [0.25, 0.3) is 0 Å². The fraction of sp³-hybridized carbons (Fsp3) is 0.125. The van der Waals surface area contributed by atoms with Gasteiger partial charge in [0, 0.05) is 5.69 Å². The van der Waals surface area contributed by atoms with Crippen LogP contribution in [0.4, 0.5) is 5.69 Å². The Labute approximate surface area is 124 Å². The first kappa shape index (κ1) is 14.2. The van der Waals surface area contributed by atoms with Crippen molar-refractivity contribution in [1.29, 1.82) is 0 Å². The normalized spacial score (nSPS) is 11.0. The molecule has 3 nitrogen and oxygen atoms in total. The Kier molecular flexibility index (Phi) is 4.85. The van der Waals surface area contributed by atoms with Crippen LogP contribution in [0.1, 0.15) is 18.1 Å². The molecule has 2 aromatic rings. The second kappa shape index (κ2) is 6.82. The summed E-state index contributed by atoms with van der Waals surface area (Å²) in [4.78, 5) is 0. The Morgan fingerprint density at radius 2 is 1.65 bits per heavy atom. The van der Waals surface area contributed by atoms with Crippen molar-refractivity contribution >= 4 is 28.7 Å². The van der Waals surface area contributed by atoms with Crippen molar-refractivity contribution in [1.82, 2.24) is 5.43 Å². The van der Waals surface area contributed by atoms with Gasteiger partial charge in [-0.15, -0.1) is 0 Å². The number of para-hydroxylation sites is 1. The van der Waals surface area contributed by atoms with E-state index in [2.05, 4.69) is 34.9 Å². The van der Waals surface area contributed by atoms with E-state index >= 15 is 0 Å². The van der Waals surface area contributed by atoms with Crippen LogP contribution in [0.15, 0.2) is 59.7 Å². The van der Waals surface area contributed by atoms with Gasteiger partial charge in [0.1, 0.15) is 0 Å². The second-order valence-electron chi connectivity index (χ2n) is 4.50. The summed E-state index contributed by atoms with van der Waals surface area (Å²) < 4.78 is 0. The van der Waals surface area contributed by atoms with Crippen molar-refractivity contribution < 1.29 is 0 Å². The molecular formula is C16H17N3S. The smallest absolute Gasteiger partial charge is 0.191 e. The van der Waals surface area contributed by atoms with E-state index in [9.17, 15) is 0 Å². The molecule has 0 aliphatic carbocycles. The third kappa shape index (κ3) is 4.17. The second-order valence-corrected chi connectivity index (χ2v) is 4.90. The molecule has 0 bridgehead atoms. The van der Waals surface area contributed by atoms with Crippen molar-refractivity contribution in [3.8, 4) is 0 Å². The third-order valence-electron chi connectivity index (χ3n) is 2.83. The highest BCUT2D eigenvalue weighted by Crippen LogP contribution is 2.05. The molecule has 20 heavy (non-hydrogen) atoms. The van der Waals surface area contributed by atoms with Gasteiger partial charge < -0.3 is 5.32 Å². The molecule has 4 heteroatoms. The molecule has 0 fully saturated rings. The van der Waals surface area contributed by atoms with E-state index in [-0.39, 0.29) is 0 Å². The molecule has 2 N–H and O–H groups in total. The zero-order valence-electron chi connectivity index (χ0n) is 11.6. The summed E-state index contributed by atoms with van der Waals surface area (Å²) in [6.07, 6.45) is 0. The van der Waals surface area contributed by atoms with E-state index in [1.807, 2.05) is 49.4 Å². The van der Waals surface area contributed by atoms with Gasteiger partial charge in [-0.1, -0.05) is 48.0 Å². The molecule has 0 radical (unpaired) electrons. The van der Waals surface area contributed by atoms with Gasteiger partial charge in [-0.2, -0.15) is 5.10 Å². The number of nitrogens with one attached hydrogen (secondary N) is 2. The number of thiocarbonyl (C=S) groups is 1. The number of anilines is 1. The van der Waals surface area contributed by atoms with Crippen LogP contribution in [0.2, 0.25) is 0 Å². The Bertz CT molecular complexity index is 603. The third-order valence-corrected chi connectivity index (χ3v) is 3.02. The molecule has 0 amide bonds. The number of nitrogens with zero attached hydrogens (tertiary/aromatic N) is 1. The molecule has 102 valence electrons. The topological polar surface area (TPSA) is 36.4 Å². The van der Waals surface area contributed by atoms with E-state index in [0.29, 0.717) is 5.11 Å². The molecule has 2 rings (SSSR count). The van der Waals surface area contributed by atoms with Crippen molar-refractivity contribution in [2.24, 2.45) is 5.10 Å². The minimum Gasteiger partial charge on any atom is -0.331 e. The summed E-state index contributed by atoms with van der Waals surface area (Å²) in [6, 6.07) is 18.0. The zero-order chi connectivity index (χ0) is 14.4. The fourth-order valence-corrected chi connectivity index (χ4v) is 1.84. The molecule has 0 unspecified atom stereocenters. The number of hydrazone groups is 1. The maximum atomic E-state index is 5.20. The number of hydrogen-bond donors (Lipinski definition) is 2. The van der Waals surface area contributed by atoms with Crippen LogP contribution >= 0.6 is 12.2 Å². The summed E-state index contributed by atoms with van der Waals surface area (Å²) in [5, 5.41) is 7.83. The first-order chi connectivity index (χ1) is 9.65. The van der Waals surface area contributed by atoms with E-state index in [1.54, 1.807) is 0 Å². The SMILES string of the molecule is CC(=NNC(=S)Nc1ccccc1)c1ccc(C)cc1. The van der Waals surface area contributed by atoms with Crippen molar-refractivity contribution in [3.63, 3.8) is 0 Å². The van der Waals surface area contributed by atoms with E-state index < -0.39 is 0 Å². The largest absolute Gasteiger partial charge is 0.331 e. The van der Waals surface area contributed by atoms with Crippen LogP contribution < -0.4 is 10.7 Å². The number of rotatable bonds is 3. The van der Waals surface area contributed by atoms with Crippen molar-refractivity contribution in [3.05, 3.63) is 65.7 Å². The minimum absolute atomic E-state index is 0.475. The number of benzene rings is 2. The molecule has 0 saturated carbocycles. The van der Waals surface area contributed by atoms with Gasteiger partial charge in [-0.25, -0.2) is 0 Å². The van der Waals surface area contributed by atoms with Crippen LogP contribution in [0.3, 0.4) is 0 Å². The summed E-state index contributed by atoms with van der Waals surface area (Å²) in [6.45, 7) is 4.01. The highest BCUT2D eigenvalue weighted by Gasteiger charge is 1.98. The molecule has 0 saturated heterocycles.